The molecule has 1 aliphatic heterocycles. The van der Waals surface area contributed by atoms with E-state index in [-0.39, 0.29) is 18.5 Å². The summed E-state index contributed by atoms with van der Waals surface area (Å²) in [7, 11) is 0. The van der Waals surface area contributed by atoms with Crippen LogP contribution in [0.4, 0.5) is 4.79 Å². The first-order chi connectivity index (χ1) is 8.26. The molecule has 1 aliphatic rings. The standard InChI is InChI=1S/C12H22N2O4/c1-12(2,3)18-11(17)14-9-5-4-8(13-7-9)6-10(15)16/h8-9,13H,4-7H2,1-3H3,(H,14,17)(H,15,16)/t8-,9-/m0/s1. The van der Waals surface area contributed by atoms with Gasteiger partial charge in [-0.2, -0.15) is 0 Å². The van der Waals surface area contributed by atoms with Crippen LogP contribution in [0.3, 0.4) is 0 Å². The van der Waals surface area contributed by atoms with Crippen molar-refractivity contribution in [2.75, 3.05) is 6.54 Å². The molecular formula is C12H22N2O4. The third-order valence-electron chi connectivity index (χ3n) is 2.66. The summed E-state index contributed by atoms with van der Waals surface area (Å²) < 4.78 is 5.16. The minimum absolute atomic E-state index is 0.000753. The van der Waals surface area contributed by atoms with Crippen molar-refractivity contribution in [1.82, 2.24) is 10.6 Å². The summed E-state index contributed by atoms with van der Waals surface area (Å²) in [5.41, 5.74) is -0.502. The van der Waals surface area contributed by atoms with Crippen LogP contribution in [-0.2, 0) is 9.53 Å². The highest BCUT2D eigenvalue weighted by molar-refractivity contribution is 5.68. The summed E-state index contributed by atoms with van der Waals surface area (Å²) in [5.74, 6) is -0.800. The number of ether oxygens (including phenoxy) is 1. The Bertz CT molecular complexity index is 304. The Hall–Kier alpha value is -1.30. The minimum atomic E-state index is -0.800. The Labute approximate surface area is 107 Å². The molecule has 18 heavy (non-hydrogen) atoms. The zero-order chi connectivity index (χ0) is 13.8. The normalized spacial score (nSPS) is 24.4. The third kappa shape index (κ3) is 5.86. The number of carboxylic acid groups (broad SMARTS) is 1. The molecule has 104 valence electrons. The third-order valence-corrected chi connectivity index (χ3v) is 2.66. The van der Waals surface area contributed by atoms with Gasteiger partial charge in [0.25, 0.3) is 0 Å². The molecule has 0 bridgehead atoms. The first-order valence-electron chi connectivity index (χ1n) is 6.21. The highest BCUT2D eigenvalue weighted by Gasteiger charge is 2.25. The van der Waals surface area contributed by atoms with E-state index in [4.69, 9.17) is 9.84 Å². The topological polar surface area (TPSA) is 87.7 Å². The highest BCUT2D eigenvalue weighted by atomic mass is 16.6. The molecule has 0 unspecified atom stereocenters. The van der Waals surface area contributed by atoms with Crippen molar-refractivity contribution < 1.29 is 19.4 Å². The molecule has 6 heteroatoms. The van der Waals surface area contributed by atoms with Gasteiger partial charge in [-0.1, -0.05) is 0 Å². The van der Waals surface area contributed by atoms with Crippen molar-refractivity contribution in [2.45, 2.75) is 57.7 Å². The van der Waals surface area contributed by atoms with Gasteiger partial charge in [-0.05, 0) is 33.6 Å². The van der Waals surface area contributed by atoms with Crippen LogP contribution in [0.2, 0.25) is 0 Å². The van der Waals surface area contributed by atoms with Crippen LogP contribution in [0.15, 0.2) is 0 Å². The van der Waals surface area contributed by atoms with Gasteiger partial charge in [0.15, 0.2) is 0 Å². The molecule has 0 saturated carbocycles. The van der Waals surface area contributed by atoms with E-state index in [1.54, 1.807) is 0 Å². The average Bonchev–Trinajstić information content (AvgIpc) is 2.17. The number of carboxylic acids is 1. The first-order valence-corrected chi connectivity index (χ1v) is 6.21. The predicted octanol–water partition coefficient (Wildman–Crippen LogP) is 1.11. The molecule has 6 nitrogen and oxygen atoms in total. The van der Waals surface area contributed by atoms with Crippen molar-refractivity contribution in [3.05, 3.63) is 0 Å². The van der Waals surface area contributed by atoms with E-state index in [9.17, 15) is 9.59 Å². The lowest BCUT2D eigenvalue weighted by Crippen LogP contribution is -2.50. The van der Waals surface area contributed by atoms with E-state index >= 15 is 0 Å². The second-order valence-electron chi connectivity index (χ2n) is 5.62. The quantitative estimate of drug-likeness (QED) is 0.705. The molecule has 0 aromatic heterocycles. The second-order valence-corrected chi connectivity index (χ2v) is 5.62. The van der Waals surface area contributed by atoms with Crippen molar-refractivity contribution in [1.29, 1.82) is 0 Å². The largest absolute Gasteiger partial charge is 0.481 e. The van der Waals surface area contributed by atoms with E-state index in [1.165, 1.54) is 0 Å². The smallest absolute Gasteiger partial charge is 0.407 e. The molecule has 0 aliphatic carbocycles. The van der Waals surface area contributed by atoms with Gasteiger partial charge < -0.3 is 20.5 Å². The van der Waals surface area contributed by atoms with Gasteiger partial charge in [-0.3, -0.25) is 4.79 Å². The fourth-order valence-electron chi connectivity index (χ4n) is 1.90. The van der Waals surface area contributed by atoms with Crippen molar-refractivity contribution in [3.8, 4) is 0 Å². The van der Waals surface area contributed by atoms with Crippen LogP contribution in [0.1, 0.15) is 40.0 Å². The number of piperidine rings is 1. The van der Waals surface area contributed by atoms with Crippen LogP contribution < -0.4 is 10.6 Å². The number of hydrogen-bond donors (Lipinski definition) is 3. The lowest BCUT2D eigenvalue weighted by molar-refractivity contribution is -0.137. The maximum atomic E-state index is 11.5. The number of alkyl carbamates (subject to hydrolysis) is 1. The summed E-state index contributed by atoms with van der Waals surface area (Å²) in [6, 6.07) is 0.00378. The van der Waals surface area contributed by atoms with E-state index < -0.39 is 17.7 Å². The van der Waals surface area contributed by atoms with Crippen LogP contribution >= 0.6 is 0 Å². The van der Waals surface area contributed by atoms with Crippen LogP contribution in [0.5, 0.6) is 0 Å². The fraction of sp³-hybridized carbons (Fsp3) is 0.833. The van der Waals surface area contributed by atoms with Crippen LogP contribution in [-0.4, -0.2) is 41.4 Å². The molecule has 1 saturated heterocycles. The number of aliphatic carboxylic acids is 1. The minimum Gasteiger partial charge on any atom is -0.481 e. The zero-order valence-electron chi connectivity index (χ0n) is 11.2. The van der Waals surface area contributed by atoms with Crippen molar-refractivity contribution in [2.24, 2.45) is 0 Å². The summed E-state index contributed by atoms with van der Waals surface area (Å²) in [4.78, 5) is 22.1. The molecule has 0 radical (unpaired) electrons. The Kier molecular flexibility index (Phi) is 4.95. The number of carbonyl (C=O) groups excluding carboxylic acids is 1. The molecule has 1 heterocycles. The Morgan fingerprint density at radius 2 is 2.06 bits per heavy atom. The Morgan fingerprint density at radius 1 is 1.39 bits per heavy atom. The van der Waals surface area contributed by atoms with Gasteiger partial charge >= 0.3 is 12.1 Å². The zero-order valence-corrected chi connectivity index (χ0v) is 11.2. The van der Waals surface area contributed by atoms with E-state index in [0.717, 1.165) is 12.8 Å². The predicted molar refractivity (Wildman–Crippen MR) is 66.4 cm³/mol. The summed E-state index contributed by atoms with van der Waals surface area (Å²) >= 11 is 0. The molecule has 3 N–H and O–H groups in total. The number of amides is 1. The maximum Gasteiger partial charge on any atom is 0.407 e. The Balaban J connectivity index is 2.27. The number of rotatable bonds is 3. The highest BCUT2D eigenvalue weighted by Crippen LogP contribution is 2.12. The number of hydrogen-bond acceptors (Lipinski definition) is 4. The molecule has 1 amide bonds. The summed E-state index contributed by atoms with van der Waals surface area (Å²) in [6.45, 7) is 6.02. The van der Waals surface area contributed by atoms with E-state index in [1.807, 2.05) is 20.8 Å². The summed E-state index contributed by atoms with van der Waals surface area (Å²) in [5, 5.41) is 14.6. The van der Waals surface area contributed by atoms with Gasteiger partial charge in [-0.15, -0.1) is 0 Å². The van der Waals surface area contributed by atoms with Gasteiger partial charge in [0, 0.05) is 18.6 Å². The fourth-order valence-corrected chi connectivity index (χ4v) is 1.90. The van der Waals surface area contributed by atoms with Gasteiger partial charge in [0.05, 0.1) is 6.42 Å². The molecular weight excluding hydrogens is 236 g/mol. The van der Waals surface area contributed by atoms with Gasteiger partial charge in [0.1, 0.15) is 5.60 Å². The number of carbonyl (C=O) groups is 2. The van der Waals surface area contributed by atoms with E-state index in [0.29, 0.717) is 6.54 Å². The maximum absolute atomic E-state index is 11.5. The average molecular weight is 258 g/mol. The van der Waals surface area contributed by atoms with Crippen molar-refractivity contribution in [3.63, 3.8) is 0 Å². The molecule has 0 spiro atoms. The number of nitrogens with one attached hydrogen (secondary N) is 2. The van der Waals surface area contributed by atoms with Crippen molar-refractivity contribution >= 4 is 12.1 Å². The van der Waals surface area contributed by atoms with Gasteiger partial charge in [0.2, 0.25) is 0 Å². The lowest BCUT2D eigenvalue weighted by Gasteiger charge is -2.30. The second kappa shape index (κ2) is 6.04. The Morgan fingerprint density at radius 3 is 2.50 bits per heavy atom. The SMILES string of the molecule is CC(C)(C)OC(=O)N[C@H]1CC[C@@H](CC(=O)O)NC1. The first kappa shape index (κ1) is 14.8. The monoisotopic (exact) mass is 258 g/mol. The van der Waals surface area contributed by atoms with Crippen LogP contribution in [0, 0.1) is 0 Å². The van der Waals surface area contributed by atoms with Gasteiger partial charge in [-0.25, -0.2) is 4.79 Å². The van der Waals surface area contributed by atoms with E-state index in [2.05, 4.69) is 10.6 Å². The van der Waals surface area contributed by atoms with Crippen LogP contribution in [0.25, 0.3) is 0 Å². The summed E-state index contributed by atoms with van der Waals surface area (Å²) in [6.07, 6.45) is 1.21. The molecule has 0 aromatic rings. The molecule has 1 rings (SSSR count). The lowest BCUT2D eigenvalue weighted by atomic mass is 9.99. The molecule has 2 atom stereocenters. The molecule has 0 aromatic carbocycles. The molecule has 1 fully saturated rings.